The zero-order chi connectivity index (χ0) is 19.1. The van der Waals surface area contributed by atoms with Crippen LogP contribution in [0.1, 0.15) is 34.6 Å². The molecule has 0 spiro atoms. The number of rotatable bonds is 7. The summed E-state index contributed by atoms with van der Waals surface area (Å²) in [6.45, 7) is 2.52. The van der Waals surface area contributed by atoms with Crippen LogP contribution in [0.25, 0.3) is 0 Å². The number of pyridine rings is 1. The van der Waals surface area contributed by atoms with E-state index < -0.39 is 0 Å². The molecule has 1 amide bonds. The van der Waals surface area contributed by atoms with E-state index in [9.17, 15) is 4.79 Å². The number of amides is 1. The lowest BCUT2D eigenvalue weighted by Crippen LogP contribution is -2.24. The summed E-state index contributed by atoms with van der Waals surface area (Å²) >= 11 is 0. The van der Waals surface area contributed by atoms with Crippen LogP contribution < -0.4 is 15.4 Å². The fourth-order valence-electron chi connectivity index (χ4n) is 2.74. The van der Waals surface area contributed by atoms with Crippen molar-refractivity contribution >= 4 is 11.6 Å². The number of hydrogen-bond acceptors (Lipinski definition) is 4. The molecule has 0 fully saturated rings. The zero-order valence-electron chi connectivity index (χ0n) is 15.5. The van der Waals surface area contributed by atoms with E-state index in [1.807, 2.05) is 48.5 Å². The van der Waals surface area contributed by atoms with Crippen molar-refractivity contribution in [2.75, 3.05) is 12.4 Å². The van der Waals surface area contributed by atoms with Gasteiger partial charge in [-0.25, -0.2) is 0 Å². The van der Waals surface area contributed by atoms with Gasteiger partial charge in [0.25, 0.3) is 5.91 Å². The van der Waals surface area contributed by atoms with Crippen molar-refractivity contribution < 1.29 is 9.53 Å². The number of ether oxygens (including phenoxy) is 1. The summed E-state index contributed by atoms with van der Waals surface area (Å²) in [4.78, 5) is 16.6. The number of nitrogens with zero attached hydrogens (tertiary/aromatic N) is 1. The van der Waals surface area contributed by atoms with Crippen LogP contribution in [0.3, 0.4) is 0 Å². The molecule has 5 heteroatoms. The molecular formula is C22H23N3O2. The van der Waals surface area contributed by atoms with Gasteiger partial charge in [-0.1, -0.05) is 42.5 Å². The number of hydrogen-bond donors (Lipinski definition) is 2. The third-order valence-corrected chi connectivity index (χ3v) is 4.29. The van der Waals surface area contributed by atoms with Crippen LogP contribution in [0.15, 0.2) is 72.9 Å². The highest BCUT2D eigenvalue weighted by atomic mass is 16.5. The Balaban J connectivity index is 1.61. The van der Waals surface area contributed by atoms with Gasteiger partial charge in [0.2, 0.25) is 0 Å². The van der Waals surface area contributed by atoms with Gasteiger partial charge in [-0.15, -0.1) is 0 Å². The molecular weight excluding hydrogens is 338 g/mol. The van der Waals surface area contributed by atoms with Crippen LogP contribution in [0.5, 0.6) is 5.75 Å². The molecule has 3 aromatic rings. The van der Waals surface area contributed by atoms with E-state index in [4.69, 9.17) is 4.74 Å². The van der Waals surface area contributed by atoms with Crippen LogP contribution in [0.2, 0.25) is 0 Å². The molecule has 0 aliphatic rings. The van der Waals surface area contributed by atoms with Crippen LogP contribution in [0.4, 0.5) is 5.69 Å². The Kier molecular flexibility index (Phi) is 6.05. The van der Waals surface area contributed by atoms with E-state index in [1.165, 1.54) is 5.56 Å². The highest BCUT2D eigenvalue weighted by molar-refractivity contribution is 5.93. The maximum Gasteiger partial charge on any atom is 0.270 e. The molecule has 2 N–H and O–H groups in total. The molecule has 0 bridgehead atoms. The second kappa shape index (κ2) is 8.85. The Labute approximate surface area is 159 Å². The average molecular weight is 361 g/mol. The number of aromatic nitrogens is 1. The molecule has 1 aromatic heterocycles. The van der Waals surface area contributed by atoms with Crippen molar-refractivity contribution in [2.45, 2.75) is 19.5 Å². The van der Waals surface area contributed by atoms with Crippen LogP contribution in [-0.2, 0) is 6.54 Å². The molecule has 0 saturated heterocycles. The summed E-state index contributed by atoms with van der Waals surface area (Å²) in [5.41, 5.74) is 3.42. The van der Waals surface area contributed by atoms with Crippen LogP contribution in [0, 0.1) is 0 Å². The van der Waals surface area contributed by atoms with Crippen molar-refractivity contribution in [3.63, 3.8) is 0 Å². The topological polar surface area (TPSA) is 63.2 Å². The van der Waals surface area contributed by atoms with E-state index in [1.54, 1.807) is 19.4 Å². The molecule has 138 valence electrons. The quantitative estimate of drug-likeness (QED) is 0.662. The number of nitrogens with one attached hydrogen (secondary N) is 2. The fourth-order valence-corrected chi connectivity index (χ4v) is 2.74. The number of carbonyl (C=O) groups is 1. The van der Waals surface area contributed by atoms with Gasteiger partial charge in [0, 0.05) is 24.5 Å². The summed E-state index contributed by atoms with van der Waals surface area (Å²) in [5, 5.41) is 6.30. The molecule has 0 saturated carbocycles. The number of carbonyl (C=O) groups excluding carboxylic acids is 1. The van der Waals surface area contributed by atoms with Crippen molar-refractivity contribution in [3.05, 3.63) is 89.7 Å². The Hall–Kier alpha value is -3.34. The highest BCUT2D eigenvalue weighted by Crippen LogP contribution is 2.19. The molecule has 5 nitrogen and oxygen atoms in total. The van der Waals surface area contributed by atoms with Gasteiger partial charge in [-0.3, -0.25) is 9.78 Å². The number of methoxy groups -OCH3 is 1. The standard InChI is InChI=1S/C22H23N3O2/c1-16(18-6-4-3-5-7-18)25-19-12-13-23-21(14-19)22(26)24-15-17-8-10-20(27-2)11-9-17/h3-14,16H,15H2,1-2H3,(H,23,25)(H,24,26). The molecule has 1 heterocycles. The third kappa shape index (κ3) is 5.07. The minimum Gasteiger partial charge on any atom is -0.497 e. The largest absolute Gasteiger partial charge is 0.497 e. The summed E-state index contributed by atoms with van der Waals surface area (Å²) in [5.74, 6) is 0.583. The second-order valence-electron chi connectivity index (χ2n) is 6.24. The van der Waals surface area contributed by atoms with Gasteiger partial charge in [0.1, 0.15) is 11.4 Å². The monoisotopic (exact) mass is 361 g/mol. The second-order valence-corrected chi connectivity index (χ2v) is 6.24. The normalized spacial score (nSPS) is 11.5. The Morgan fingerprint density at radius 1 is 1.07 bits per heavy atom. The minimum atomic E-state index is -0.207. The Morgan fingerprint density at radius 3 is 2.52 bits per heavy atom. The average Bonchev–Trinajstić information content (AvgIpc) is 2.73. The van der Waals surface area contributed by atoms with Gasteiger partial charge in [0.15, 0.2) is 0 Å². The van der Waals surface area contributed by atoms with Crippen molar-refractivity contribution in [3.8, 4) is 5.75 Å². The van der Waals surface area contributed by atoms with Crippen LogP contribution >= 0.6 is 0 Å². The van der Waals surface area contributed by atoms with E-state index in [0.29, 0.717) is 12.2 Å². The van der Waals surface area contributed by atoms with E-state index in [-0.39, 0.29) is 11.9 Å². The van der Waals surface area contributed by atoms with Gasteiger partial charge in [0.05, 0.1) is 7.11 Å². The maximum atomic E-state index is 12.4. The highest BCUT2D eigenvalue weighted by Gasteiger charge is 2.10. The molecule has 0 radical (unpaired) electrons. The van der Waals surface area contributed by atoms with E-state index in [0.717, 1.165) is 17.0 Å². The van der Waals surface area contributed by atoms with E-state index >= 15 is 0 Å². The summed E-state index contributed by atoms with van der Waals surface area (Å²) < 4.78 is 5.14. The van der Waals surface area contributed by atoms with Crippen molar-refractivity contribution in [1.82, 2.24) is 10.3 Å². The number of benzene rings is 2. The summed E-state index contributed by atoms with van der Waals surface area (Å²) in [6, 6.07) is 21.5. The van der Waals surface area contributed by atoms with Gasteiger partial charge < -0.3 is 15.4 Å². The van der Waals surface area contributed by atoms with E-state index in [2.05, 4.69) is 34.7 Å². The third-order valence-electron chi connectivity index (χ3n) is 4.29. The lowest BCUT2D eigenvalue weighted by atomic mass is 10.1. The lowest BCUT2D eigenvalue weighted by molar-refractivity contribution is 0.0946. The zero-order valence-corrected chi connectivity index (χ0v) is 15.5. The molecule has 1 atom stereocenters. The number of anilines is 1. The fraction of sp³-hybridized carbons (Fsp3) is 0.182. The smallest absolute Gasteiger partial charge is 0.270 e. The Morgan fingerprint density at radius 2 is 1.81 bits per heavy atom. The van der Waals surface area contributed by atoms with Gasteiger partial charge >= 0.3 is 0 Å². The Bertz CT molecular complexity index is 880. The van der Waals surface area contributed by atoms with Gasteiger partial charge in [-0.2, -0.15) is 0 Å². The molecule has 27 heavy (non-hydrogen) atoms. The molecule has 1 unspecified atom stereocenters. The summed E-state index contributed by atoms with van der Waals surface area (Å²) in [7, 11) is 1.63. The summed E-state index contributed by atoms with van der Waals surface area (Å²) in [6.07, 6.45) is 1.64. The predicted molar refractivity (Wildman–Crippen MR) is 107 cm³/mol. The molecule has 0 aliphatic heterocycles. The first kappa shape index (κ1) is 18.5. The molecule has 0 aliphatic carbocycles. The first-order valence-electron chi connectivity index (χ1n) is 8.84. The predicted octanol–water partition coefficient (Wildman–Crippen LogP) is 4.19. The lowest BCUT2D eigenvalue weighted by Gasteiger charge is -2.16. The minimum absolute atomic E-state index is 0.129. The van der Waals surface area contributed by atoms with Gasteiger partial charge in [-0.05, 0) is 42.3 Å². The van der Waals surface area contributed by atoms with Crippen molar-refractivity contribution in [1.29, 1.82) is 0 Å². The first-order valence-corrected chi connectivity index (χ1v) is 8.84. The molecule has 2 aromatic carbocycles. The maximum absolute atomic E-state index is 12.4. The van der Waals surface area contributed by atoms with Crippen LogP contribution in [-0.4, -0.2) is 18.0 Å². The molecule has 3 rings (SSSR count). The SMILES string of the molecule is COc1ccc(CNC(=O)c2cc(NC(C)c3ccccc3)ccn2)cc1. The first-order chi connectivity index (χ1) is 13.2. The van der Waals surface area contributed by atoms with Crippen molar-refractivity contribution in [2.24, 2.45) is 0 Å².